The number of aromatic nitrogens is 2. The first-order valence-electron chi connectivity index (χ1n) is 10.3. The molecular weight excluding hydrogens is 429 g/mol. The molecule has 4 rings (SSSR count). The van der Waals surface area contributed by atoms with Gasteiger partial charge < -0.3 is 20.6 Å². The zero-order chi connectivity index (χ0) is 23.5. The summed E-state index contributed by atoms with van der Waals surface area (Å²) >= 11 is 0. The molecule has 2 heterocycles. The molecule has 0 fully saturated rings. The van der Waals surface area contributed by atoms with Gasteiger partial charge in [-0.25, -0.2) is 9.37 Å². The van der Waals surface area contributed by atoms with E-state index in [1.807, 2.05) is 35.2 Å². The number of benzene rings is 2. The van der Waals surface area contributed by atoms with Crippen LogP contribution in [-0.2, 0) is 19.6 Å². The van der Waals surface area contributed by atoms with Crippen molar-refractivity contribution < 1.29 is 19.1 Å². The molecule has 0 saturated carbocycles. The number of amides is 2. The molecule has 170 valence electrons. The average molecular weight is 451 g/mol. The summed E-state index contributed by atoms with van der Waals surface area (Å²) in [7, 11) is 1.41. The van der Waals surface area contributed by atoms with Gasteiger partial charge in [0.05, 0.1) is 0 Å². The van der Waals surface area contributed by atoms with Crippen LogP contribution in [0.15, 0.2) is 53.3 Å². The van der Waals surface area contributed by atoms with Crippen molar-refractivity contribution in [1.29, 1.82) is 0 Å². The normalized spacial score (nSPS) is 12.4. The first-order chi connectivity index (χ1) is 15.9. The molecule has 0 bridgehead atoms. The van der Waals surface area contributed by atoms with Crippen LogP contribution >= 0.6 is 0 Å². The summed E-state index contributed by atoms with van der Waals surface area (Å²) in [6, 6.07) is 13.2. The zero-order valence-corrected chi connectivity index (χ0v) is 17.8. The predicted octanol–water partition coefficient (Wildman–Crippen LogP) is 1.40. The zero-order valence-electron chi connectivity index (χ0n) is 17.8. The van der Waals surface area contributed by atoms with Gasteiger partial charge in [0.2, 0.25) is 11.7 Å². The molecule has 0 atom stereocenters. The van der Waals surface area contributed by atoms with Gasteiger partial charge in [-0.3, -0.25) is 19.0 Å². The fourth-order valence-corrected chi connectivity index (χ4v) is 3.72. The molecule has 3 aromatic rings. The first-order valence-corrected chi connectivity index (χ1v) is 10.3. The van der Waals surface area contributed by atoms with Crippen molar-refractivity contribution >= 4 is 17.8 Å². The Kier molecular flexibility index (Phi) is 6.07. The Bertz CT molecular complexity index is 1280. The van der Waals surface area contributed by atoms with E-state index in [9.17, 15) is 23.9 Å². The van der Waals surface area contributed by atoms with Gasteiger partial charge in [0.15, 0.2) is 5.69 Å². The molecule has 1 aromatic heterocycles. The number of hydrogen-bond donors (Lipinski definition) is 3. The number of carbonyl (C=O) groups is 2. The van der Waals surface area contributed by atoms with E-state index in [1.54, 1.807) is 0 Å². The van der Waals surface area contributed by atoms with Gasteiger partial charge in [-0.2, -0.15) is 0 Å². The Balaban J connectivity index is 1.58. The van der Waals surface area contributed by atoms with E-state index in [2.05, 4.69) is 15.6 Å². The molecule has 3 N–H and O–H groups in total. The smallest absolute Gasteiger partial charge is 0.298 e. The lowest BCUT2D eigenvalue weighted by molar-refractivity contribution is 0.0933. The number of aromatic hydroxyl groups is 1. The van der Waals surface area contributed by atoms with E-state index in [1.165, 1.54) is 23.7 Å². The van der Waals surface area contributed by atoms with Crippen LogP contribution < -0.4 is 21.1 Å². The Hall–Kier alpha value is -4.21. The van der Waals surface area contributed by atoms with Gasteiger partial charge in [-0.1, -0.05) is 36.4 Å². The number of hydrogen-bond acceptors (Lipinski definition) is 6. The molecule has 0 radical (unpaired) electrons. The third-order valence-electron chi connectivity index (χ3n) is 5.42. The summed E-state index contributed by atoms with van der Waals surface area (Å²) in [6.07, 6.45) is 0. The largest absolute Gasteiger partial charge is 0.501 e. The van der Waals surface area contributed by atoms with Gasteiger partial charge in [-0.05, 0) is 23.3 Å². The van der Waals surface area contributed by atoms with Gasteiger partial charge in [0.25, 0.3) is 17.4 Å². The van der Waals surface area contributed by atoms with Crippen LogP contribution in [0.5, 0.6) is 5.75 Å². The average Bonchev–Trinajstić information content (AvgIpc) is 3.23. The Morgan fingerprint density at radius 3 is 2.61 bits per heavy atom. The minimum absolute atomic E-state index is 0.0676. The fourth-order valence-electron chi connectivity index (χ4n) is 3.72. The molecule has 33 heavy (non-hydrogen) atoms. The van der Waals surface area contributed by atoms with Crippen molar-refractivity contribution in [3.8, 4) is 5.75 Å². The lowest BCUT2D eigenvalue weighted by Gasteiger charge is -2.18. The van der Waals surface area contributed by atoms with E-state index in [0.717, 1.165) is 11.6 Å². The number of fused-ring (bicyclic) bond motifs is 1. The highest BCUT2D eigenvalue weighted by Gasteiger charge is 2.28. The molecule has 10 heteroatoms. The third-order valence-corrected chi connectivity index (χ3v) is 5.42. The molecule has 2 aromatic carbocycles. The summed E-state index contributed by atoms with van der Waals surface area (Å²) in [4.78, 5) is 43.6. The first kappa shape index (κ1) is 22.0. The molecule has 2 amide bonds. The Morgan fingerprint density at radius 2 is 1.88 bits per heavy atom. The van der Waals surface area contributed by atoms with Gasteiger partial charge in [0.1, 0.15) is 5.82 Å². The number of nitrogens with one attached hydrogen (secondary N) is 2. The van der Waals surface area contributed by atoms with E-state index < -0.39 is 34.6 Å². The second kappa shape index (κ2) is 9.11. The maximum atomic E-state index is 13.6. The molecular formula is C23H22FN5O4. The number of carbonyl (C=O) groups excluding carboxylic acids is 2. The molecule has 0 saturated heterocycles. The SMILES string of the molecule is CNC(=O)c1cc(F)ccc1CNC(=O)c1nc2n(c(=O)c1O)CCN2Cc1ccccc1. The van der Waals surface area contributed by atoms with Crippen LogP contribution in [0.1, 0.15) is 32.0 Å². The minimum atomic E-state index is -0.785. The lowest BCUT2D eigenvalue weighted by atomic mass is 10.1. The highest BCUT2D eigenvalue weighted by Crippen LogP contribution is 2.23. The summed E-state index contributed by atoms with van der Waals surface area (Å²) < 4.78 is 14.9. The van der Waals surface area contributed by atoms with Crippen LogP contribution in [0, 0.1) is 5.82 Å². The Labute approximate surface area is 188 Å². The van der Waals surface area contributed by atoms with E-state index >= 15 is 0 Å². The minimum Gasteiger partial charge on any atom is -0.501 e. The number of anilines is 1. The van der Waals surface area contributed by atoms with E-state index in [0.29, 0.717) is 31.1 Å². The highest BCUT2D eigenvalue weighted by molar-refractivity contribution is 5.97. The summed E-state index contributed by atoms with van der Waals surface area (Å²) in [5, 5.41) is 15.3. The lowest BCUT2D eigenvalue weighted by Crippen LogP contribution is -2.30. The maximum absolute atomic E-state index is 13.6. The fraction of sp³-hybridized carbons (Fsp3) is 0.217. The standard InChI is InChI=1S/C23H22FN5O4/c1-25-20(31)17-11-16(24)8-7-15(17)12-26-21(32)18-19(30)22(33)29-10-9-28(23(29)27-18)13-14-5-3-2-4-6-14/h2-8,11,30H,9-10,12-13H2,1H3,(H,25,31)(H,26,32). The third kappa shape index (κ3) is 4.40. The molecule has 0 unspecified atom stereocenters. The van der Waals surface area contributed by atoms with Crippen LogP contribution in [0.2, 0.25) is 0 Å². The van der Waals surface area contributed by atoms with Gasteiger partial charge >= 0.3 is 0 Å². The van der Waals surface area contributed by atoms with E-state index in [-0.39, 0.29) is 12.1 Å². The van der Waals surface area contributed by atoms with Crippen LogP contribution in [0.3, 0.4) is 0 Å². The van der Waals surface area contributed by atoms with E-state index in [4.69, 9.17) is 0 Å². The number of rotatable bonds is 6. The Morgan fingerprint density at radius 1 is 1.12 bits per heavy atom. The summed E-state index contributed by atoms with van der Waals surface area (Å²) in [5.74, 6) is -2.34. The second-order valence-corrected chi connectivity index (χ2v) is 7.54. The molecule has 1 aliphatic rings. The van der Waals surface area contributed by atoms with Crippen molar-refractivity contribution in [2.45, 2.75) is 19.6 Å². The molecule has 0 aliphatic carbocycles. The van der Waals surface area contributed by atoms with Gasteiger partial charge in [0, 0.05) is 38.8 Å². The quantitative estimate of drug-likeness (QED) is 0.522. The monoisotopic (exact) mass is 451 g/mol. The van der Waals surface area contributed by atoms with Crippen LogP contribution in [0.25, 0.3) is 0 Å². The molecule has 9 nitrogen and oxygen atoms in total. The number of halogens is 1. The topological polar surface area (TPSA) is 117 Å². The van der Waals surface area contributed by atoms with Crippen molar-refractivity contribution in [2.75, 3.05) is 18.5 Å². The van der Waals surface area contributed by atoms with Crippen molar-refractivity contribution in [1.82, 2.24) is 20.2 Å². The second-order valence-electron chi connectivity index (χ2n) is 7.54. The molecule has 1 aliphatic heterocycles. The summed E-state index contributed by atoms with van der Waals surface area (Å²) in [6.45, 7) is 1.21. The summed E-state index contributed by atoms with van der Waals surface area (Å²) in [5.41, 5.74) is 0.339. The van der Waals surface area contributed by atoms with Crippen LogP contribution in [0.4, 0.5) is 10.3 Å². The number of nitrogens with zero attached hydrogens (tertiary/aromatic N) is 3. The van der Waals surface area contributed by atoms with Crippen LogP contribution in [-0.4, -0.2) is 40.1 Å². The van der Waals surface area contributed by atoms with Crippen molar-refractivity contribution in [3.05, 3.63) is 87.1 Å². The maximum Gasteiger partial charge on any atom is 0.298 e. The predicted molar refractivity (Wildman–Crippen MR) is 119 cm³/mol. The van der Waals surface area contributed by atoms with Gasteiger partial charge in [-0.15, -0.1) is 0 Å². The highest BCUT2D eigenvalue weighted by atomic mass is 19.1. The van der Waals surface area contributed by atoms with Crippen molar-refractivity contribution in [3.63, 3.8) is 0 Å². The van der Waals surface area contributed by atoms with Crippen molar-refractivity contribution in [2.24, 2.45) is 0 Å². The molecule has 0 spiro atoms.